The van der Waals surface area contributed by atoms with E-state index in [1.165, 1.54) is 12.1 Å². The molecular weight excluding hydrogens is 213 g/mol. The van der Waals surface area contributed by atoms with Crippen LogP contribution in [0.1, 0.15) is 0 Å². The summed E-state index contributed by atoms with van der Waals surface area (Å²) in [5.41, 5.74) is -0.332. The van der Waals surface area contributed by atoms with Crippen LogP contribution in [0.2, 0.25) is 5.02 Å². The van der Waals surface area contributed by atoms with Gasteiger partial charge in [-0.05, 0) is 12.1 Å². The van der Waals surface area contributed by atoms with Crippen LogP contribution in [0.15, 0.2) is 18.2 Å². The van der Waals surface area contributed by atoms with Crippen molar-refractivity contribution in [2.24, 2.45) is 0 Å². The smallest absolute Gasteiger partial charge is 0.394 e. The summed E-state index contributed by atoms with van der Waals surface area (Å²) in [6.45, 7) is 0. The molecule has 1 aromatic carbocycles. The molecule has 0 aliphatic carbocycles. The number of carbonyl (C=O) groups excluding carboxylic acids is 1. The Morgan fingerprint density at radius 3 is 2.57 bits per heavy atom. The van der Waals surface area contributed by atoms with E-state index < -0.39 is 17.7 Å². The number of carboxylic acid groups (broad SMARTS) is 1. The van der Waals surface area contributed by atoms with Crippen LogP contribution in [-0.4, -0.2) is 17.0 Å². The Bertz CT molecular complexity index is 374. The van der Waals surface area contributed by atoms with Crippen LogP contribution in [0.4, 0.5) is 10.1 Å². The molecule has 6 heteroatoms. The van der Waals surface area contributed by atoms with Gasteiger partial charge in [-0.1, -0.05) is 17.7 Å². The van der Waals surface area contributed by atoms with E-state index in [4.69, 9.17) is 16.7 Å². The van der Waals surface area contributed by atoms with Gasteiger partial charge in [-0.2, -0.15) is 0 Å². The van der Waals surface area contributed by atoms with Crippen molar-refractivity contribution in [1.29, 1.82) is 0 Å². The summed E-state index contributed by atoms with van der Waals surface area (Å²) in [5.74, 6) is -3.83. The van der Waals surface area contributed by atoms with Crippen molar-refractivity contribution in [2.75, 3.05) is 5.32 Å². The number of nitrogens with one attached hydrogen (secondary N) is 1. The molecule has 14 heavy (non-hydrogen) atoms. The molecule has 0 aliphatic heterocycles. The fraction of sp³-hybridized carbons (Fsp3) is 0. The van der Waals surface area contributed by atoms with Crippen LogP contribution < -0.4 is 5.32 Å². The molecule has 0 fully saturated rings. The Hall–Kier alpha value is -1.62. The van der Waals surface area contributed by atoms with E-state index in [9.17, 15) is 14.0 Å². The first kappa shape index (κ1) is 10.5. The normalized spacial score (nSPS) is 9.57. The standard InChI is InChI=1S/C8H5ClFNO3/c9-4-2-1-3-5(10)6(4)11-7(12)8(13)14/h1-3H,(H,11,12)(H,13,14). The van der Waals surface area contributed by atoms with Crippen LogP contribution >= 0.6 is 11.6 Å². The zero-order chi connectivity index (χ0) is 10.7. The number of carbonyl (C=O) groups is 2. The maximum Gasteiger partial charge on any atom is 0.394 e. The minimum Gasteiger partial charge on any atom is -0.474 e. The van der Waals surface area contributed by atoms with Crippen molar-refractivity contribution >= 4 is 29.2 Å². The van der Waals surface area contributed by atoms with Gasteiger partial charge in [-0.15, -0.1) is 0 Å². The highest BCUT2D eigenvalue weighted by Gasteiger charge is 2.15. The number of aliphatic carboxylic acids is 1. The van der Waals surface area contributed by atoms with Crippen LogP contribution in [0.25, 0.3) is 0 Å². The van der Waals surface area contributed by atoms with E-state index in [0.717, 1.165) is 6.07 Å². The second-order valence-corrected chi connectivity index (χ2v) is 2.76. The van der Waals surface area contributed by atoms with Crippen LogP contribution in [0.5, 0.6) is 0 Å². The van der Waals surface area contributed by atoms with E-state index >= 15 is 0 Å². The molecule has 1 aromatic rings. The average molecular weight is 218 g/mol. The van der Waals surface area contributed by atoms with Crippen molar-refractivity contribution in [3.05, 3.63) is 29.0 Å². The molecule has 0 saturated heterocycles. The van der Waals surface area contributed by atoms with Gasteiger partial charge in [0.05, 0.1) is 10.7 Å². The third-order valence-corrected chi connectivity index (χ3v) is 1.71. The molecule has 2 N–H and O–H groups in total. The first-order valence-electron chi connectivity index (χ1n) is 3.50. The summed E-state index contributed by atoms with van der Waals surface area (Å²) in [7, 11) is 0. The second-order valence-electron chi connectivity index (χ2n) is 2.36. The largest absolute Gasteiger partial charge is 0.474 e. The highest BCUT2D eigenvalue weighted by molar-refractivity contribution is 6.39. The molecule has 0 saturated carbocycles. The molecule has 0 radical (unpaired) electrons. The van der Waals surface area contributed by atoms with Crippen LogP contribution in [0.3, 0.4) is 0 Å². The summed E-state index contributed by atoms with van der Waals surface area (Å²) in [6.07, 6.45) is 0. The number of amides is 1. The van der Waals surface area contributed by atoms with Crippen LogP contribution in [-0.2, 0) is 9.59 Å². The third-order valence-electron chi connectivity index (χ3n) is 1.40. The molecule has 0 aromatic heterocycles. The zero-order valence-corrected chi connectivity index (χ0v) is 7.51. The quantitative estimate of drug-likeness (QED) is 0.701. The van der Waals surface area contributed by atoms with Gasteiger partial charge in [-0.25, -0.2) is 9.18 Å². The maximum absolute atomic E-state index is 13.0. The maximum atomic E-state index is 13.0. The monoisotopic (exact) mass is 217 g/mol. The molecule has 0 spiro atoms. The number of carboxylic acids is 1. The van der Waals surface area contributed by atoms with Crippen molar-refractivity contribution in [3.8, 4) is 0 Å². The lowest BCUT2D eigenvalue weighted by atomic mass is 10.3. The van der Waals surface area contributed by atoms with Gasteiger partial charge in [0, 0.05) is 0 Å². The van der Waals surface area contributed by atoms with Gasteiger partial charge in [0.1, 0.15) is 5.82 Å². The number of para-hydroxylation sites is 1. The number of anilines is 1. The first-order valence-corrected chi connectivity index (χ1v) is 3.88. The SMILES string of the molecule is O=C(O)C(=O)Nc1c(F)cccc1Cl. The number of halogens is 2. The molecule has 0 bridgehead atoms. The molecule has 1 amide bonds. The molecule has 4 nitrogen and oxygen atoms in total. The highest BCUT2D eigenvalue weighted by Crippen LogP contribution is 2.24. The van der Waals surface area contributed by atoms with Gasteiger partial charge < -0.3 is 10.4 Å². The molecule has 0 unspecified atom stereocenters. The number of hydrogen-bond acceptors (Lipinski definition) is 2. The lowest BCUT2D eigenvalue weighted by molar-refractivity contribution is -0.147. The fourth-order valence-corrected chi connectivity index (χ4v) is 0.994. The van der Waals surface area contributed by atoms with Gasteiger partial charge in [-0.3, -0.25) is 4.79 Å². The summed E-state index contributed by atoms with van der Waals surface area (Å²) in [5, 5.41) is 10.0. The highest BCUT2D eigenvalue weighted by atomic mass is 35.5. The lowest BCUT2D eigenvalue weighted by Gasteiger charge is -2.04. The van der Waals surface area contributed by atoms with E-state index in [1.54, 1.807) is 0 Å². The molecule has 74 valence electrons. The third kappa shape index (κ3) is 2.20. The van der Waals surface area contributed by atoms with Gasteiger partial charge in [0.25, 0.3) is 0 Å². The molecule has 0 heterocycles. The predicted molar refractivity (Wildman–Crippen MR) is 47.7 cm³/mol. The van der Waals surface area contributed by atoms with E-state index in [2.05, 4.69) is 0 Å². The van der Waals surface area contributed by atoms with Crippen molar-refractivity contribution in [3.63, 3.8) is 0 Å². The Balaban J connectivity index is 2.97. The topological polar surface area (TPSA) is 66.4 Å². The van der Waals surface area contributed by atoms with Gasteiger partial charge >= 0.3 is 11.9 Å². The first-order chi connectivity index (χ1) is 6.52. The Kier molecular flexibility index (Phi) is 3.03. The molecule has 1 rings (SSSR count). The summed E-state index contributed by atoms with van der Waals surface area (Å²) in [4.78, 5) is 20.8. The molecular formula is C8H5ClFNO3. The Morgan fingerprint density at radius 2 is 2.07 bits per heavy atom. The Labute approximate surface area is 83.3 Å². The van der Waals surface area contributed by atoms with Gasteiger partial charge in [0.15, 0.2) is 0 Å². The minimum atomic E-state index is -1.70. The van der Waals surface area contributed by atoms with E-state index in [-0.39, 0.29) is 10.7 Å². The molecule has 0 atom stereocenters. The number of rotatable bonds is 1. The van der Waals surface area contributed by atoms with Crippen molar-refractivity contribution in [1.82, 2.24) is 0 Å². The lowest BCUT2D eigenvalue weighted by Crippen LogP contribution is -2.22. The van der Waals surface area contributed by atoms with E-state index in [0.29, 0.717) is 0 Å². The summed E-state index contributed by atoms with van der Waals surface area (Å²) in [6, 6.07) is 3.74. The van der Waals surface area contributed by atoms with E-state index in [1.807, 2.05) is 5.32 Å². The van der Waals surface area contributed by atoms with Crippen molar-refractivity contribution < 1.29 is 19.1 Å². The predicted octanol–water partition coefficient (Wildman–Crippen LogP) is 1.50. The van der Waals surface area contributed by atoms with Crippen LogP contribution in [0, 0.1) is 5.82 Å². The number of benzene rings is 1. The minimum absolute atomic E-state index is 0.0559. The summed E-state index contributed by atoms with van der Waals surface area (Å²) >= 11 is 5.53. The molecule has 0 aliphatic rings. The van der Waals surface area contributed by atoms with Gasteiger partial charge in [0.2, 0.25) is 0 Å². The average Bonchev–Trinajstić information content (AvgIpc) is 2.11. The number of hydrogen-bond donors (Lipinski definition) is 2. The zero-order valence-electron chi connectivity index (χ0n) is 6.75. The second kappa shape index (κ2) is 4.06. The Morgan fingerprint density at radius 1 is 1.43 bits per heavy atom. The summed E-state index contributed by atoms with van der Waals surface area (Å²) < 4.78 is 13.0. The fourth-order valence-electron chi connectivity index (χ4n) is 0.784. The van der Waals surface area contributed by atoms with Crippen molar-refractivity contribution in [2.45, 2.75) is 0 Å².